The van der Waals surface area contributed by atoms with Crippen molar-refractivity contribution in [2.24, 2.45) is 11.7 Å². The second-order valence-electron chi connectivity index (χ2n) is 6.33. The van der Waals surface area contributed by atoms with E-state index in [0.717, 1.165) is 54.3 Å². The summed E-state index contributed by atoms with van der Waals surface area (Å²) in [5, 5.41) is 3.98. The van der Waals surface area contributed by atoms with Gasteiger partial charge in [-0.15, -0.1) is 0 Å². The van der Waals surface area contributed by atoms with Gasteiger partial charge in [0.1, 0.15) is 12.1 Å². The summed E-state index contributed by atoms with van der Waals surface area (Å²) in [6, 6.07) is 2.00. The molecule has 1 unspecified atom stereocenters. The zero-order valence-corrected chi connectivity index (χ0v) is 14.2. The zero-order valence-electron chi connectivity index (χ0n) is 14.2. The number of hydrogen-bond acceptors (Lipinski definition) is 6. The van der Waals surface area contributed by atoms with Gasteiger partial charge in [-0.1, -0.05) is 5.16 Å². The first-order valence-electron chi connectivity index (χ1n) is 8.30. The molecule has 3 heterocycles. The molecule has 0 radical (unpaired) electrons. The normalized spacial score (nSPS) is 17.5. The quantitative estimate of drug-likeness (QED) is 0.892. The number of nitrogens with zero attached hydrogens (tertiary/aromatic N) is 4. The molecule has 2 aromatic heterocycles. The van der Waals surface area contributed by atoms with E-state index in [9.17, 15) is 4.79 Å². The molecule has 24 heavy (non-hydrogen) atoms. The standard InChI is InChI=1S/C17H23N5O2/c1-11-17(12(2)24-21-11)15-8-14(19-10-20-15)7-13-4-6-22(9-13)16(23)3-5-18/h8,10,13H,3-7,9,18H2,1-2H3. The number of hydrogen-bond donors (Lipinski definition) is 1. The van der Waals surface area contributed by atoms with Gasteiger partial charge in [0, 0.05) is 31.7 Å². The van der Waals surface area contributed by atoms with Crippen LogP contribution in [0.5, 0.6) is 0 Å². The predicted octanol–water partition coefficient (Wildman–Crippen LogP) is 1.49. The van der Waals surface area contributed by atoms with Crippen molar-refractivity contribution < 1.29 is 9.32 Å². The largest absolute Gasteiger partial charge is 0.361 e. The van der Waals surface area contributed by atoms with Crippen LogP contribution >= 0.6 is 0 Å². The molecule has 128 valence electrons. The van der Waals surface area contributed by atoms with Gasteiger partial charge in [-0.25, -0.2) is 9.97 Å². The molecule has 1 aliphatic rings. The van der Waals surface area contributed by atoms with E-state index >= 15 is 0 Å². The Morgan fingerprint density at radius 2 is 2.25 bits per heavy atom. The molecule has 0 aliphatic carbocycles. The van der Waals surface area contributed by atoms with E-state index in [1.54, 1.807) is 6.33 Å². The van der Waals surface area contributed by atoms with E-state index < -0.39 is 0 Å². The molecule has 1 amide bonds. The number of carbonyl (C=O) groups excluding carboxylic acids is 1. The number of likely N-dealkylation sites (tertiary alicyclic amines) is 1. The van der Waals surface area contributed by atoms with Crippen molar-refractivity contribution in [1.29, 1.82) is 0 Å². The van der Waals surface area contributed by atoms with Gasteiger partial charge >= 0.3 is 0 Å². The number of rotatable bonds is 5. The second-order valence-corrected chi connectivity index (χ2v) is 6.33. The summed E-state index contributed by atoms with van der Waals surface area (Å²) < 4.78 is 5.22. The number of aromatic nitrogens is 3. The molecule has 0 bridgehead atoms. The molecule has 0 spiro atoms. The summed E-state index contributed by atoms with van der Waals surface area (Å²) in [7, 11) is 0. The van der Waals surface area contributed by atoms with Gasteiger partial charge < -0.3 is 15.2 Å². The van der Waals surface area contributed by atoms with Crippen LogP contribution in [0.2, 0.25) is 0 Å². The lowest BCUT2D eigenvalue weighted by Crippen LogP contribution is -2.30. The van der Waals surface area contributed by atoms with E-state index in [4.69, 9.17) is 10.3 Å². The summed E-state index contributed by atoms with van der Waals surface area (Å²) in [6.45, 7) is 5.79. The Labute approximate surface area is 141 Å². The van der Waals surface area contributed by atoms with Crippen molar-refractivity contribution in [2.45, 2.75) is 33.1 Å². The van der Waals surface area contributed by atoms with Gasteiger partial charge in [-0.05, 0) is 38.7 Å². The fourth-order valence-corrected chi connectivity index (χ4v) is 3.30. The predicted molar refractivity (Wildman–Crippen MR) is 89.1 cm³/mol. The van der Waals surface area contributed by atoms with Crippen molar-refractivity contribution in [2.75, 3.05) is 19.6 Å². The van der Waals surface area contributed by atoms with Crippen molar-refractivity contribution in [3.8, 4) is 11.3 Å². The van der Waals surface area contributed by atoms with E-state index in [1.165, 1.54) is 0 Å². The van der Waals surface area contributed by atoms with Crippen molar-refractivity contribution >= 4 is 5.91 Å². The maximum absolute atomic E-state index is 11.9. The van der Waals surface area contributed by atoms with Gasteiger partial charge in [0.15, 0.2) is 0 Å². The van der Waals surface area contributed by atoms with Gasteiger partial charge in [0.2, 0.25) is 5.91 Å². The summed E-state index contributed by atoms with van der Waals surface area (Å²) >= 11 is 0. The van der Waals surface area contributed by atoms with Crippen LogP contribution in [-0.2, 0) is 11.2 Å². The average molecular weight is 329 g/mol. The van der Waals surface area contributed by atoms with Gasteiger partial charge in [-0.3, -0.25) is 4.79 Å². The highest BCUT2D eigenvalue weighted by atomic mass is 16.5. The zero-order chi connectivity index (χ0) is 17.1. The van der Waals surface area contributed by atoms with Crippen LogP contribution in [0.1, 0.15) is 30.0 Å². The summed E-state index contributed by atoms with van der Waals surface area (Å²) in [4.78, 5) is 22.6. The highest BCUT2D eigenvalue weighted by Gasteiger charge is 2.26. The van der Waals surface area contributed by atoms with Crippen LogP contribution in [0.3, 0.4) is 0 Å². The Morgan fingerprint density at radius 3 is 2.96 bits per heavy atom. The van der Waals surface area contributed by atoms with Crippen LogP contribution in [-0.4, -0.2) is 45.6 Å². The van der Waals surface area contributed by atoms with Crippen molar-refractivity contribution in [3.63, 3.8) is 0 Å². The summed E-state index contributed by atoms with van der Waals surface area (Å²) in [5.41, 5.74) is 9.05. The third-order valence-electron chi connectivity index (χ3n) is 4.51. The number of aryl methyl sites for hydroxylation is 2. The van der Waals surface area contributed by atoms with Gasteiger partial charge in [-0.2, -0.15) is 0 Å². The van der Waals surface area contributed by atoms with Crippen LogP contribution < -0.4 is 5.73 Å². The first-order valence-corrected chi connectivity index (χ1v) is 8.30. The smallest absolute Gasteiger partial charge is 0.223 e. The molecule has 2 aromatic rings. The highest BCUT2D eigenvalue weighted by molar-refractivity contribution is 5.76. The first-order chi connectivity index (χ1) is 11.6. The molecule has 0 saturated carbocycles. The van der Waals surface area contributed by atoms with Crippen LogP contribution in [0.15, 0.2) is 16.9 Å². The van der Waals surface area contributed by atoms with Crippen LogP contribution in [0, 0.1) is 19.8 Å². The Bertz CT molecular complexity index is 708. The fourth-order valence-electron chi connectivity index (χ4n) is 3.30. The molecule has 2 N–H and O–H groups in total. The lowest BCUT2D eigenvalue weighted by atomic mass is 10.0. The van der Waals surface area contributed by atoms with Crippen molar-refractivity contribution in [1.82, 2.24) is 20.0 Å². The topological polar surface area (TPSA) is 98.1 Å². The molecule has 7 nitrogen and oxygen atoms in total. The first kappa shape index (κ1) is 16.6. The molecule has 3 rings (SSSR count). The van der Waals surface area contributed by atoms with E-state index in [0.29, 0.717) is 18.9 Å². The number of nitrogens with two attached hydrogens (primary N) is 1. The monoisotopic (exact) mass is 329 g/mol. The minimum absolute atomic E-state index is 0.152. The van der Waals surface area contributed by atoms with Crippen LogP contribution in [0.25, 0.3) is 11.3 Å². The third-order valence-corrected chi connectivity index (χ3v) is 4.51. The lowest BCUT2D eigenvalue weighted by molar-refractivity contribution is -0.130. The molecule has 1 aliphatic heterocycles. The Hall–Kier alpha value is -2.28. The Kier molecular flexibility index (Phi) is 4.89. The van der Waals surface area contributed by atoms with E-state index in [1.807, 2.05) is 24.8 Å². The van der Waals surface area contributed by atoms with Crippen molar-refractivity contribution in [3.05, 3.63) is 29.5 Å². The van der Waals surface area contributed by atoms with E-state index in [-0.39, 0.29) is 5.91 Å². The fraction of sp³-hybridized carbons (Fsp3) is 0.529. The van der Waals surface area contributed by atoms with Gasteiger partial charge in [0.05, 0.1) is 17.0 Å². The Morgan fingerprint density at radius 1 is 1.42 bits per heavy atom. The second kappa shape index (κ2) is 7.09. The van der Waals surface area contributed by atoms with E-state index in [2.05, 4.69) is 15.1 Å². The molecule has 1 atom stereocenters. The Balaban J connectivity index is 1.69. The molecule has 1 fully saturated rings. The number of carbonyl (C=O) groups is 1. The minimum Gasteiger partial charge on any atom is -0.361 e. The number of amides is 1. The average Bonchev–Trinajstić information content (AvgIpc) is 3.15. The maximum Gasteiger partial charge on any atom is 0.223 e. The molecular formula is C17H23N5O2. The maximum atomic E-state index is 11.9. The molecule has 1 saturated heterocycles. The van der Waals surface area contributed by atoms with Crippen LogP contribution in [0.4, 0.5) is 0 Å². The minimum atomic E-state index is 0.152. The molecule has 0 aromatic carbocycles. The summed E-state index contributed by atoms with van der Waals surface area (Å²) in [6.07, 6.45) is 3.85. The van der Waals surface area contributed by atoms with Gasteiger partial charge in [0.25, 0.3) is 0 Å². The lowest BCUT2D eigenvalue weighted by Gasteiger charge is -2.16. The summed E-state index contributed by atoms with van der Waals surface area (Å²) in [5.74, 6) is 1.34. The SMILES string of the molecule is Cc1noc(C)c1-c1cc(CC2CCN(C(=O)CCN)C2)ncn1. The molecular weight excluding hydrogens is 306 g/mol. The molecule has 7 heteroatoms. The highest BCUT2D eigenvalue weighted by Crippen LogP contribution is 2.26. The third kappa shape index (κ3) is 3.46.